The van der Waals surface area contributed by atoms with Crippen LogP contribution in [0.5, 0.6) is 0 Å². The Hall–Kier alpha value is -1.32. The Morgan fingerprint density at radius 2 is 1.86 bits per heavy atom. The molecule has 0 spiro atoms. The van der Waals surface area contributed by atoms with Crippen molar-refractivity contribution in [1.29, 1.82) is 0 Å². The molecule has 4 heteroatoms. The summed E-state index contributed by atoms with van der Waals surface area (Å²) < 4.78 is 0. The number of fused-ring (bicyclic) bond motifs is 1. The van der Waals surface area contributed by atoms with Crippen molar-refractivity contribution in [3.63, 3.8) is 0 Å². The third-order valence-electron chi connectivity index (χ3n) is 2.60. The number of nitrogens with zero attached hydrogens (tertiary/aromatic N) is 3. The summed E-state index contributed by atoms with van der Waals surface area (Å²) in [5.41, 5.74) is 8.10. The van der Waals surface area contributed by atoms with Gasteiger partial charge in [0, 0.05) is 19.7 Å². The van der Waals surface area contributed by atoms with Crippen LogP contribution in [0.4, 0.5) is 11.8 Å². The summed E-state index contributed by atoms with van der Waals surface area (Å²) in [6.07, 6.45) is 4.59. The molecule has 0 saturated heterocycles. The van der Waals surface area contributed by atoms with Gasteiger partial charge >= 0.3 is 0 Å². The quantitative estimate of drug-likeness (QED) is 0.721. The van der Waals surface area contributed by atoms with E-state index in [1.165, 1.54) is 18.4 Å². The minimum Gasteiger partial charge on any atom is -0.368 e. The zero-order chi connectivity index (χ0) is 10.1. The standard InChI is InChI=1S/C10H16N4/c1-14(2)9-7-5-3-4-6-8(7)12-10(11)13-9/h3-6H2,1-2H3,(H2,11,12,13). The Balaban J connectivity index is 2.52. The Morgan fingerprint density at radius 3 is 2.57 bits per heavy atom. The van der Waals surface area contributed by atoms with Crippen molar-refractivity contribution in [1.82, 2.24) is 9.97 Å². The summed E-state index contributed by atoms with van der Waals surface area (Å²) in [5.74, 6) is 1.39. The lowest BCUT2D eigenvalue weighted by Crippen LogP contribution is -2.19. The zero-order valence-electron chi connectivity index (χ0n) is 8.75. The maximum absolute atomic E-state index is 5.67. The van der Waals surface area contributed by atoms with Crippen LogP contribution in [-0.2, 0) is 12.8 Å². The van der Waals surface area contributed by atoms with E-state index < -0.39 is 0 Å². The van der Waals surface area contributed by atoms with Crippen LogP contribution in [0.15, 0.2) is 0 Å². The van der Waals surface area contributed by atoms with E-state index in [2.05, 4.69) is 9.97 Å². The van der Waals surface area contributed by atoms with Gasteiger partial charge in [-0.2, -0.15) is 4.98 Å². The molecule has 1 aromatic rings. The Bertz CT molecular complexity index is 346. The number of aromatic nitrogens is 2. The molecule has 1 aliphatic carbocycles. The summed E-state index contributed by atoms with van der Waals surface area (Å²) in [4.78, 5) is 10.6. The van der Waals surface area contributed by atoms with Gasteiger partial charge < -0.3 is 10.6 Å². The van der Waals surface area contributed by atoms with Gasteiger partial charge in [-0.3, -0.25) is 0 Å². The van der Waals surface area contributed by atoms with Crippen molar-refractivity contribution in [2.75, 3.05) is 24.7 Å². The molecule has 0 bridgehead atoms. The molecule has 0 aliphatic heterocycles. The molecule has 4 nitrogen and oxygen atoms in total. The summed E-state index contributed by atoms with van der Waals surface area (Å²) in [7, 11) is 3.99. The number of anilines is 2. The number of rotatable bonds is 1. The molecule has 0 unspecified atom stereocenters. The third kappa shape index (κ3) is 1.52. The number of nitrogens with two attached hydrogens (primary N) is 1. The van der Waals surface area contributed by atoms with Crippen molar-refractivity contribution in [3.8, 4) is 0 Å². The van der Waals surface area contributed by atoms with Gasteiger partial charge in [-0.1, -0.05) is 0 Å². The number of hydrogen-bond donors (Lipinski definition) is 1. The van der Waals surface area contributed by atoms with Crippen LogP contribution in [-0.4, -0.2) is 24.1 Å². The van der Waals surface area contributed by atoms with Gasteiger partial charge in [-0.15, -0.1) is 0 Å². The fourth-order valence-electron chi connectivity index (χ4n) is 1.96. The van der Waals surface area contributed by atoms with Gasteiger partial charge in [0.05, 0.1) is 5.69 Å². The first-order chi connectivity index (χ1) is 6.68. The van der Waals surface area contributed by atoms with Gasteiger partial charge in [-0.25, -0.2) is 4.98 Å². The van der Waals surface area contributed by atoms with Crippen molar-refractivity contribution >= 4 is 11.8 Å². The minimum atomic E-state index is 0.398. The molecular formula is C10H16N4. The van der Waals surface area contributed by atoms with Crippen molar-refractivity contribution in [2.24, 2.45) is 0 Å². The van der Waals surface area contributed by atoms with Crippen molar-refractivity contribution in [3.05, 3.63) is 11.3 Å². The normalized spacial score (nSPS) is 15.0. The van der Waals surface area contributed by atoms with Crippen molar-refractivity contribution in [2.45, 2.75) is 25.7 Å². The van der Waals surface area contributed by atoms with Gasteiger partial charge in [-0.05, 0) is 25.7 Å². The lowest BCUT2D eigenvalue weighted by molar-refractivity contribution is 0.662. The average molecular weight is 192 g/mol. The predicted octanol–water partition coefficient (Wildman–Crippen LogP) is 1.00. The smallest absolute Gasteiger partial charge is 0.222 e. The SMILES string of the molecule is CN(C)c1nc(N)nc2c1CCCC2. The number of nitrogen functional groups attached to an aromatic ring is 1. The van der Waals surface area contributed by atoms with Crippen LogP contribution >= 0.6 is 0 Å². The summed E-state index contributed by atoms with van der Waals surface area (Å²) in [6, 6.07) is 0. The highest BCUT2D eigenvalue weighted by atomic mass is 15.2. The molecule has 2 rings (SSSR count). The maximum atomic E-state index is 5.67. The Kier molecular flexibility index (Phi) is 2.27. The van der Waals surface area contributed by atoms with E-state index in [0.717, 1.165) is 24.4 Å². The molecule has 0 fully saturated rings. The fraction of sp³-hybridized carbons (Fsp3) is 0.600. The van der Waals surface area contributed by atoms with Crippen LogP contribution < -0.4 is 10.6 Å². The molecule has 14 heavy (non-hydrogen) atoms. The first kappa shape index (κ1) is 9.24. The van der Waals surface area contributed by atoms with E-state index in [1.54, 1.807) is 0 Å². The van der Waals surface area contributed by atoms with E-state index in [0.29, 0.717) is 5.95 Å². The Morgan fingerprint density at radius 1 is 1.14 bits per heavy atom. The maximum Gasteiger partial charge on any atom is 0.222 e. The molecule has 1 aromatic heterocycles. The van der Waals surface area contributed by atoms with Crippen LogP contribution in [0.25, 0.3) is 0 Å². The highest BCUT2D eigenvalue weighted by Gasteiger charge is 2.17. The second-order valence-electron chi connectivity index (χ2n) is 3.93. The molecule has 0 amide bonds. The zero-order valence-corrected chi connectivity index (χ0v) is 8.75. The number of aryl methyl sites for hydroxylation is 1. The van der Waals surface area contributed by atoms with Crippen LogP contribution in [0, 0.1) is 0 Å². The monoisotopic (exact) mass is 192 g/mol. The van der Waals surface area contributed by atoms with E-state index in [4.69, 9.17) is 5.73 Å². The van der Waals surface area contributed by atoms with Gasteiger partial charge in [0.15, 0.2) is 0 Å². The molecule has 0 atom stereocenters. The molecule has 1 heterocycles. The molecule has 76 valence electrons. The van der Waals surface area contributed by atoms with E-state index in [-0.39, 0.29) is 0 Å². The largest absolute Gasteiger partial charge is 0.368 e. The lowest BCUT2D eigenvalue weighted by atomic mass is 9.96. The number of hydrogen-bond acceptors (Lipinski definition) is 4. The molecule has 2 N–H and O–H groups in total. The molecule has 0 radical (unpaired) electrons. The molecule has 0 aromatic carbocycles. The van der Waals surface area contributed by atoms with E-state index in [1.807, 2.05) is 19.0 Å². The van der Waals surface area contributed by atoms with Crippen LogP contribution in [0.1, 0.15) is 24.1 Å². The van der Waals surface area contributed by atoms with Crippen LogP contribution in [0.2, 0.25) is 0 Å². The minimum absolute atomic E-state index is 0.398. The predicted molar refractivity (Wildman–Crippen MR) is 57.4 cm³/mol. The second kappa shape index (κ2) is 3.44. The summed E-state index contributed by atoms with van der Waals surface area (Å²) in [6.45, 7) is 0. The topological polar surface area (TPSA) is 55.0 Å². The average Bonchev–Trinajstić information content (AvgIpc) is 2.16. The lowest BCUT2D eigenvalue weighted by Gasteiger charge is -2.22. The highest BCUT2D eigenvalue weighted by Crippen LogP contribution is 2.27. The second-order valence-corrected chi connectivity index (χ2v) is 3.93. The van der Waals surface area contributed by atoms with Gasteiger partial charge in [0.25, 0.3) is 0 Å². The van der Waals surface area contributed by atoms with Crippen molar-refractivity contribution < 1.29 is 0 Å². The first-order valence-corrected chi connectivity index (χ1v) is 5.01. The molecular weight excluding hydrogens is 176 g/mol. The summed E-state index contributed by atoms with van der Waals surface area (Å²) >= 11 is 0. The van der Waals surface area contributed by atoms with E-state index >= 15 is 0 Å². The first-order valence-electron chi connectivity index (χ1n) is 5.01. The Labute approximate surface area is 84.2 Å². The van der Waals surface area contributed by atoms with Gasteiger partial charge in [0.1, 0.15) is 5.82 Å². The van der Waals surface area contributed by atoms with Crippen LogP contribution in [0.3, 0.4) is 0 Å². The molecule has 0 saturated carbocycles. The summed E-state index contributed by atoms with van der Waals surface area (Å²) in [5, 5.41) is 0. The fourth-order valence-corrected chi connectivity index (χ4v) is 1.96. The highest BCUT2D eigenvalue weighted by molar-refractivity contribution is 5.51. The van der Waals surface area contributed by atoms with Gasteiger partial charge in [0.2, 0.25) is 5.95 Å². The third-order valence-corrected chi connectivity index (χ3v) is 2.60. The molecule has 1 aliphatic rings. The van der Waals surface area contributed by atoms with E-state index in [9.17, 15) is 0 Å².